The Morgan fingerprint density at radius 2 is 1.78 bits per heavy atom. The van der Waals surface area contributed by atoms with Crippen molar-refractivity contribution >= 4 is 45.8 Å². The smallest absolute Gasteiger partial charge is 0.328 e. The predicted molar refractivity (Wildman–Crippen MR) is 181 cm³/mol. The SMILES string of the molecule is CC(=CC(=O)O)c1cc(C=CC(=O)N2CCOCC2)c(-c2ccc3nc(-c4sc(C)nc4C)ccc3c2)c(C2CCCCC2)c1. The molecule has 6 rings (SSSR count). The van der Waals surface area contributed by atoms with Crippen molar-refractivity contribution in [3.8, 4) is 21.7 Å². The number of thiazole rings is 1. The van der Waals surface area contributed by atoms with Crippen LogP contribution in [0.5, 0.6) is 0 Å². The van der Waals surface area contributed by atoms with Crippen molar-refractivity contribution in [3.05, 3.63) is 82.0 Å². The molecule has 0 spiro atoms. The summed E-state index contributed by atoms with van der Waals surface area (Å²) in [5.74, 6) is -0.668. The fourth-order valence-corrected chi connectivity index (χ4v) is 7.50. The number of morpholine rings is 1. The van der Waals surface area contributed by atoms with Crippen molar-refractivity contribution in [3.63, 3.8) is 0 Å². The quantitative estimate of drug-likeness (QED) is 0.210. The topological polar surface area (TPSA) is 92.6 Å². The zero-order valence-electron chi connectivity index (χ0n) is 26.1. The summed E-state index contributed by atoms with van der Waals surface area (Å²) in [4.78, 5) is 37.3. The van der Waals surface area contributed by atoms with Gasteiger partial charge in [-0.15, -0.1) is 11.3 Å². The molecule has 1 N–H and O–H groups in total. The second-order valence-corrected chi connectivity index (χ2v) is 13.3. The van der Waals surface area contributed by atoms with E-state index in [0.29, 0.717) is 37.8 Å². The average Bonchev–Trinajstić information content (AvgIpc) is 3.40. The van der Waals surface area contributed by atoms with Crippen molar-refractivity contribution in [2.24, 2.45) is 0 Å². The maximum atomic E-state index is 13.2. The van der Waals surface area contributed by atoms with E-state index in [1.165, 1.54) is 30.9 Å². The average molecular weight is 622 g/mol. The van der Waals surface area contributed by atoms with Gasteiger partial charge in [0, 0.05) is 30.6 Å². The predicted octanol–water partition coefficient (Wildman–Crippen LogP) is 8.05. The number of amides is 1. The van der Waals surface area contributed by atoms with Crippen LogP contribution in [0.1, 0.15) is 72.3 Å². The number of carbonyl (C=O) groups is 2. The van der Waals surface area contributed by atoms with Crippen LogP contribution < -0.4 is 0 Å². The molecule has 3 heterocycles. The minimum Gasteiger partial charge on any atom is -0.478 e. The Balaban J connectivity index is 1.49. The number of carbonyl (C=O) groups excluding carboxylic acids is 1. The lowest BCUT2D eigenvalue weighted by Crippen LogP contribution is -2.39. The molecule has 45 heavy (non-hydrogen) atoms. The van der Waals surface area contributed by atoms with E-state index in [-0.39, 0.29) is 5.91 Å². The second-order valence-electron chi connectivity index (χ2n) is 12.1. The van der Waals surface area contributed by atoms with Gasteiger partial charge in [0.05, 0.1) is 40.0 Å². The van der Waals surface area contributed by atoms with Crippen LogP contribution in [-0.4, -0.2) is 58.2 Å². The van der Waals surface area contributed by atoms with Crippen molar-refractivity contribution in [2.45, 2.75) is 58.8 Å². The standard InChI is InChI=1S/C37H39N3O4S/c1-23(19-35(42)43)30-21-29(11-14-34(41)40-15-17-44-18-16-40)36(31(22-30)26-7-5-4-6-8-26)28-10-12-32-27(20-28)9-13-33(39-32)37-24(2)38-25(3)45-37/h9-14,19-22,26H,4-8,15-18H2,1-3H3,(H,42,43). The molecule has 1 amide bonds. The van der Waals surface area contributed by atoms with Crippen LogP contribution in [0.2, 0.25) is 0 Å². The van der Waals surface area contributed by atoms with Crippen molar-refractivity contribution in [1.82, 2.24) is 14.9 Å². The second kappa shape index (κ2) is 13.5. The molecule has 7 nitrogen and oxygen atoms in total. The van der Waals surface area contributed by atoms with Crippen LogP contribution in [0.25, 0.3) is 44.3 Å². The summed E-state index contributed by atoms with van der Waals surface area (Å²) >= 11 is 1.66. The molecule has 0 atom stereocenters. The lowest BCUT2D eigenvalue weighted by atomic mass is 9.78. The number of rotatable bonds is 7. The summed E-state index contributed by atoms with van der Waals surface area (Å²) in [6.07, 6.45) is 10.6. The highest BCUT2D eigenvalue weighted by atomic mass is 32.1. The highest BCUT2D eigenvalue weighted by Crippen LogP contribution is 2.42. The van der Waals surface area contributed by atoms with Gasteiger partial charge in [0.1, 0.15) is 0 Å². The Morgan fingerprint density at radius 3 is 2.49 bits per heavy atom. The van der Waals surface area contributed by atoms with Gasteiger partial charge in [0.15, 0.2) is 0 Å². The molecule has 2 aromatic carbocycles. The Hall–Kier alpha value is -4.14. The van der Waals surface area contributed by atoms with E-state index < -0.39 is 5.97 Å². The zero-order chi connectivity index (χ0) is 31.5. The monoisotopic (exact) mass is 621 g/mol. The summed E-state index contributed by atoms with van der Waals surface area (Å²) < 4.78 is 5.44. The number of pyridine rings is 1. The minimum absolute atomic E-state index is 0.0458. The lowest BCUT2D eigenvalue weighted by Gasteiger charge is -2.27. The Kier molecular flexibility index (Phi) is 9.24. The number of aromatic nitrogens is 2. The first-order chi connectivity index (χ1) is 21.8. The molecule has 0 unspecified atom stereocenters. The number of hydrogen-bond acceptors (Lipinski definition) is 6. The van der Waals surface area contributed by atoms with Gasteiger partial charge in [-0.2, -0.15) is 0 Å². The van der Waals surface area contributed by atoms with Crippen LogP contribution in [0.4, 0.5) is 0 Å². The number of carboxylic acid groups (broad SMARTS) is 1. The van der Waals surface area contributed by atoms with E-state index in [0.717, 1.165) is 67.3 Å². The first kappa shape index (κ1) is 30.9. The van der Waals surface area contributed by atoms with Gasteiger partial charge >= 0.3 is 5.97 Å². The number of carboxylic acids is 1. The highest BCUT2D eigenvalue weighted by molar-refractivity contribution is 7.15. The van der Waals surface area contributed by atoms with Gasteiger partial charge in [0.25, 0.3) is 0 Å². The normalized spacial score (nSPS) is 16.5. The maximum Gasteiger partial charge on any atom is 0.328 e. The maximum absolute atomic E-state index is 13.2. The van der Waals surface area contributed by atoms with Gasteiger partial charge in [-0.1, -0.05) is 37.5 Å². The molecule has 0 radical (unpaired) electrons. The first-order valence-electron chi connectivity index (χ1n) is 15.8. The third kappa shape index (κ3) is 6.92. The van der Waals surface area contributed by atoms with Crippen molar-refractivity contribution in [2.75, 3.05) is 26.3 Å². The summed E-state index contributed by atoms with van der Waals surface area (Å²) in [6, 6.07) is 14.8. The third-order valence-corrected chi connectivity index (χ3v) is 9.98. The van der Waals surface area contributed by atoms with E-state index in [1.54, 1.807) is 17.4 Å². The Morgan fingerprint density at radius 1 is 1.00 bits per heavy atom. The Bertz CT molecular complexity index is 1810. The lowest BCUT2D eigenvalue weighted by molar-refractivity contribution is -0.131. The van der Waals surface area contributed by atoms with Gasteiger partial charge in [-0.05, 0) is 103 Å². The van der Waals surface area contributed by atoms with Crippen LogP contribution in [-0.2, 0) is 14.3 Å². The fraction of sp³-hybridized carbons (Fsp3) is 0.351. The molecule has 2 fully saturated rings. The number of allylic oxidation sites excluding steroid dienone is 1. The van der Waals surface area contributed by atoms with Gasteiger partial charge in [0.2, 0.25) is 5.91 Å². The highest BCUT2D eigenvalue weighted by Gasteiger charge is 2.23. The van der Waals surface area contributed by atoms with Gasteiger partial charge in [-0.25, -0.2) is 14.8 Å². The molecule has 232 valence electrons. The number of nitrogens with zero attached hydrogens (tertiary/aromatic N) is 3. The summed E-state index contributed by atoms with van der Waals surface area (Å²) in [7, 11) is 0. The van der Waals surface area contributed by atoms with Gasteiger partial charge in [-0.3, -0.25) is 4.79 Å². The molecule has 8 heteroatoms. The summed E-state index contributed by atoms with van der Waals surface area (Å²) in [6.45, 7) is 8.11. The minimum atomic E-state index is -0.972. The molecule has 1 saturated heterocycles. The zero-order valence-corrected chi connectivity index (χ0v) is 27.0. The molecular weight excluding hydrogens is 582 g/mol. The van der Waals surface area contributed by atoms with Crippen LogP contribution in [0, 0.1) is 13.8 Å². The molecule has 2 aliphatic rings. The fourth-order valence-electron chi connectivity index (χ4n) is 6.61. The van der Waals surface area contributed by atoms with Crippen molar-refractivity contribution in [1.29, 1.82) is 0 Å². The molecule has 1 aliphatic carbocycles. The van der Waals surface area contributed by atoms with E-state index in [9.17, 15) is 14.7 Å². The largest absolute Gasteiger partial charge is 0.478 e. The molecule has 1 aliphatic heterocycles. The summed E-state index contributed by atoms with van der Waals surface area (Å²) in [5.41, 5.74) is 8.66. The molecule has 2 aromatic heterocycles. The summed E-state index contributed by atoms with van der Waals surface area (Å²) in [5, 5.41) is 11.6. The van der Waals surface area contributed by atoms with E-state index in [2.05, 4.69) is 41.4 Å². The third-order valence-electron chi connectivity index (χ3n) is 8.88. The number of fused-ring (bicyclic) bond motifs is 1. The Labute approximate surface area is 268 Å². The van der Waals surface area contributed by atoms with E-state index >= 15 is 0 Å². The van der Waals surface area contributed by atoms with Crippen LogP contribution in [0.3, 0.4) is 0 Å². The molecular formula is C37H39N3O4S. The number of aryl methyl sites for hydroxylation is 2. The number of hydrogen-bond donors (Lipinski definition) is 1. The molecule has 4 aromatic rings. The molecule has 0 bridgehead atoms. The van der Waals surface area contributed by atoms with Crippen molar-refractivity contribution < 1.29 is 19.4 Å². The van der Waals surface area contributed by atoms with E-state index in [1.807, 2.05) is 37.8 Å². The number of ether oxygens (including phenoxy) is 1. The molecule has 1 saturated carbocycles. The number of benzene rings is 2. The van der Waals surface area contributed by atoms with E-state index in [4.69, 9.17) is 9.72 Å². The first-order valence-corrected chi connectivity index (χ1v) is 16.6. The van der Waals surface area contributed by atoms with Crippen LogP contribution in [0.15, 0.2) is 54.6 Å². The van der Waals surface area contributed by atoms with Crippen LogP contribution >= 0.6 is 11.3 Å². The number of aliphatic carboxylic acids is 1. The van der Waals surface area contributed by atoms with Gasteiger partial charge < -0.3 is 14.7 Å².